The Bertz CT molecular complexity index is 290. The Morgan fingerprint density at radius 3 is 2.69 bits per heavy atom. The molecule has 1 aliphatic carbocycles. The van der Waals surface area contributed by atoms with Gasteiger partial charge in [-0.25, -0.2) is 0 Å². The fraction of sp³-hybridized carbons (Fsp3) is 0.833. The molecule has 92 valence electrons. The molecular formula is C12H21NO3. The average molecular weight is 227 g/mol. The maximum Gasteiger partial charge on any atom is 0.311 e. The van der Waals surface area contributed by atoms with E-state index in [1.807, 2.05) is 13.8 Å². The summed E-state index contributed by atoms with van der Waals surface area (Å²) in [5.74, 6) is -0.875. The third-order valence-corrected chi connectivity index (χ3v) is 3.82. The van der Waals surface area contributed by atoms with E-state index in [9.17, 15) is 14.7 Å². The highest BCUT2D eigenvalue weighted by Crippen LogP contribution is 2.38. The molecule has 1 saturated carbocycles. The molecule has 0 heterocycles. The lowest BCUT2D eigenvalue weighted by Gasteiger charge is -2.28. The van der Waals surface area contributed by atoms with Gasteiger partial charge in [0.2, 0.25) is 5.91 Å². The Morgan fingerprint density at radius 1 is 1.56 bits per heavy atom. The first kappa shape index (κ1) is 13.0. The molecule has 4 heteroatoms. The van der Waals surface area contributed by atoms with Crippen LogP contribution in [0.1, 0.15) is 46.5 Å². The van der Waals surface area contributed by atoms with Crippen LogP contribution in [-0.2, 0) is 9.59 Å². The molecule has 3 atom stereocenters. The third-order valence-electron chi connectivity index (χ3n) is 3.82. The molecule has 0 spiro atoms. The van der Waals surface area contributed by atoms with Gasteiger partial charge in [0.15, 0.2) is 0 Å². The van der Waals surface area contributed by atoms with Crippen LogP contribution in [0.15, 0.2) is 0 Å². The number of nitrogens with one attached hydrogen (secondary N) is 1. The van der Waals surface area contributed by atoms with E-state index >= 15 is 0 Å². The van der Waals surface area contributed by atoms with Crippen molar-refractivity contribution >= 4 is 11.9 Å². The Balaban J connectivity index is 2.67. The number of aliphatic carboxylic acids is 1. The van der Waals surface area contributed by atoms with Crippen LogP contribution in [0.4, 0.5) is 0 Å². The minimum atomic E-state index is -0.806. The molecule has 16 heavy (non-hydrogen) atoms. The zero-order valence-electron chi connectivity index (χ0n) is 10.2. The maximum absolute atomic E-state index is 11.7. The van der Waals surface area contributed by atoms with E-state index in [1.54, 1.807) is 6.92 Å². The molecule has 0 bridgehead atoms. The summed E-state index contributed by atoms with van der Waals surface area (Å²) in [5, 5.41) is 12.1. The summed E-state index contributed by atoms with van der Waals surface area (Å²) in [7, 11) is 0. The summed E-state index contributed by atoms with van der Waals surface area (Å²) in [6, 6.07) is -0.216. The quantitative estimate of drug-likeness (QED) is 0.769. The largest absolute Gasteiger partial charge is 0.481 e. The topological polar surface area (TPSA) is 66.4 Å². The normalized spacial score (nSPS) is 31.1. The molecule has 0 aromatic heterocycles. The number of carbonyl (C=O) groups is 2. The summed E-state index contributed by atoms with van der Waals surface area (Å²) in [6.07, 6.45) is 3.06. The third kappa shape index (κ3) is 2.36. The predicted molar refractivity (Wildman–Crippen MR) is 61.0 cm³/mol. The minimum absolute atomic E-state index is 0.0260. The fourth-order valence-corrected chi connectivity index (χ4v) is 2.15. The number of hydrogen-bond acceptors (Lipinski definition) is 2. The Morgan fingerprint density at radius 2 is 2.19 bits per heavy atom. The van der Waals surface area contributed by atoms with E-state index < -0.39 is 11.4 Å². The average Bonchev–Trinajstić information content (AvgIpc) is 2.60. The molecule has 2 N–H and O–H groups in total. The zero-order chi connectivity index (χ0) is 12.3. The highest BCUT2D eigenvalue weighted by Gasteiger charge is 2.46. The van der Waals surface area contributed by atoms with Crippen LogP contribution in [-0.4, -0.2) is 23.0 Å². The van der Waals surface area contributed by atoms with Gasteiger partial charge in [0, 0.05) is 12.0 Å². The summed E-state index contributed by atoms with van der Waals surface area (Å²) in [4.78, 5) is 22.9. The van der Waals surface area contributed by atoms with Crippen molar-refractivity contribution < 1.29 is 14.7 Å². The van der Waals surface area contributed by atoms with Gasteiger partial charge in [0.25, 0.3) is 0 Å². The van der Waals surface area contributed by atoms with Crippen LogP contribution < -0.4 is 5.32 Å². The second-order valence-corrected chi connectivity index (χ2v) is 4.99. The van der Waals surface area contributed by atoms with Crippen LogP contribution in [0.2, 0.25) is 0 Å². The molecule has 0 radical (unpaired) electrons. The highest BCUT2D eigenvalue weighted by atomic mass is 16.4. The number of amides is 1. The van der Waals surface area contributed by atoms with Gasteiger partial charge in [-0.3, -0.25) is 9.59 Å². The van der Waals surface area contributed by atoms with E-state index in [1.165, 1.54) is 0 Å². The van der Waals surface area contributed by atoms with Gasteiger partial charge in [-0.15, -0.1) is 0 Å². The van der Waals surface area contributed by atoms with Crippen LogP contribution in [0.25, 0.3) is 0 Å². The molecule has 0 saturated heterocycles. The van der Waals surface area contributed by atoms with E-state index in [4.69, 9.17) is 0 Å². The summed E-state index contributed by atoms with van der Waals surface area (Å²) in [6.45, 7) is 5.54. The molecule has 1 aliphatic rings. The molecular weight excluding hydrogens is 206 g/mol. The van der Waals surface area contributed by atoms with Crippen molar-refractivity contribution in [3.63, 3.8) is 0 Å². The van der Waals surface area contributed by atoms with Crippen molar-refractivity contribution in [1.82, 2.24) is 5.32 Å². The summed E-state index contributed by atoms with van der Waals surface area (Å²) >= 11 is 0. The van der Waals surface area contributed by atoms with Gasteiger partial charge < -0.3 is 10.4 Å². The van der Waals surface area contributed by atoms with Gasteiger partial charge >= 0.3 is 5.97 Å². The van der Waals surface area contributed by atoms with E-state index in [2.05, 4.69) is 5.32 Å². The molecule has 1 rings (SSSR count). The predicted octanol–water partition coefficient (Wildman–Crippen LogP) is 1.79. The van der Waals surface area contributed by atoms with Crippen LogP contribution in [0, 0.1) is 11.3 Å². The lowest BCUT2D eigenvalue weighted by atomic mass is 9.84. The highest BCUT2D eigenvalue weighted by molar-refractivity contribution is 5.81. The minimum Gasteiger partial charge on any atom is -0.481 e. The van der Waals surface area contributed by atoms with Crippen molar-refractivity contribution in [1.29, 1.82) is 0 Å². The number of carboxylic acid groups (broad SMARTS) is 1. The molecule has 4 nitrogen and oxygen atoms in total. The molecule has 3 unspecified atom stereocenters. The number of hydrogen-bond donors (Lipinski definition) is 2. The molecule has 1 amide bonds. The monoisotopic (exact) mass is 227 g/mol. The van der Waals surface area contributed by atoms with Crippen molar-refractivity contribution in [2.75, 3.05) is 0 Å². The summed E-state index contributed by atoms with van der Waals surface area (Å²) < 4.78 is 0. The first-order valence-electron chi connectivity index (χ1n) is 5.95. The fourth-order valence-electron chi connectivity index (χ4n) is 2.15. The SMILES string of the molecule is CCC(C)C(=O)NC1CCCC1(C)C(=O)O. The number of carboxylic acids is 1. The van der Waals surface area contributed by atoms with Gasteiger partial charge in [-0.1, -0.05) is 20.3 Å². The van der Waals surface area contributed by atoms with Gasteiger partial charge in [0.05, 0.1) is 5.41 Å². The number of rotatable bonds is 4. The molecule has 1 fully saturated rings. The van der Waals surface area contributed by atoms with Crippen LogP contribution >= 0.6 is 0 Å². The second kappa shape index (κ2) is 4.85. The number of carbonyl (C=O) groups excluding carboxylic acids is 1. The van der Waals surface area contributed by atoms with Crippen LogP contribution in [0.5, 0.6) is 0 Å². The second-order valence-electron chi connectivity index (χ2n) is 4.99. The Kier molecular flexibility index (Phi) is 3.94. The zero-order valence-corrected chi connectivity index (χ0v) is 10.2. The lowest BCUT2D eigenvalue weighted by molar-refractivity contribution is -0.149. The van der Waals surface area contributed by atoms with Crippen molar-refractivity contribution in [2.24, 2.45) is 11.3 Å². The standard InChI is InChI=1S/C12H21NO3/c1-4-8(2)10(14)13-9-6-5-7-12(9,3)11(15)16/h8-9H,4-7H2,1-3H3,(H,13,14)(H,15,16). The van der Waals surface area contributed by atoms with Crippen molar-refractivity contribution in [2.45, 2.75) is 52.5 Å². The first-order valence-corrected chi connectivity index (χ1v) is 5.95. The van der Waals surface area contributed by atoms with Gasteiger partial charge in [-0.2, -0.15) is 0 Å². The van der Waals surface area contributed by atoms with Crippen molar-refractivity contribution in [3.05, 3.63) is 0 Å². The smallest absolute Gasteiger partial charge is 0.311 e. The van der Waals surface area contributed by atoms with Crippen LogP contribution in [0.3, 0.4) is 0 Å². The molecule has 0 aliphatic heterocycles. The molecule has 0 aromatic rings. The Labute approximate surface area is 96.4 Å². The van der Waals surface area contributed by atoms with E-state index in [0.29, 0.717) is 6.42 Å². The lowest BCUT2D eigenvalue weighted by Crippen LogP contribution is -2.48. The Hall–Kier alpha value is -1.06. The van der Waals surface area contributed by atoms with E-state index in [0.717, 1.165) is 19.3 Å². The first-order chi connectivity index (χ1) is 7.41. The van der Waals surface area contributed by atoms with E-state index in [-0.39, 0.29) is 17.9 Å². The summed E-state index contributed by atoms with van der Waals surface area (Å²) in [5.41, 5.74) is -0.789. The molecule has 0 aromatic carbocycles. The van der Waals surface area contributed by atoms with Crippen molar-refractivity contribution in [3.8, 4) is 0 Å². The maximum atomic E-state index is 11.7. The van der Waals surface area contributed by atoms with Gasteiger partial charge in [0.1, 0.15) is 0 Å². The van der Waals surface area contributed by atoms with Gasteiger partial charge in [-0.05, 0) is 26.2 Å².